The van der Waals surface area contributed by atoms with Gasteiger partial charge < -0.3 is 30.1 Å². The Kier molecular flexibility index (Phi) is 10.1. The van der Waals surface area contributed by atoms with E-state index in [-0.39, 0.29) is 11.7 Å². The predicted molar refractivity (Wildman–Crippen MR) is 130 cm³/mol. The van der Waals surface area contributed by atoms with Crippen molar-refractivity contribution in [2.75, 3.05) is 13.7 Å². The molecule has 3 N–H and O–H groups in total. The Morgan fingerprint density at radius 2 is 1.66 bits per heavy atom. The Hall–Kier alpha value is -3.30. The van der Waals surface area contributed by atoms with Gasteiger partial charge in [-0.1, -0.05) is 26.0 Å². The normalized spacial score (nSPS) is 13.4. The number of nitrogens with one attached hydrogen (secondary N) is 2. The Bertz CT molecular complexity index is 916. The van der Waals surface area contributed by atoms with Crippen LogP contribution in [0.3, 0.4) is 0 Å². The highest BCUT2D eigenvalue weighted by molar-refractivity contribution is 5.93. The first kappa shape index (κ1) is 29.7. The minimum Gasteiger partial charge on any atom is -0.508 e. The van der Waals surface area contributed by atoms with Gasteiger partial charge in [-0.15, -0.1) is 0 Å². The van der Waals surface area contributed by atoms with Gasteiger partial charge in [-0.3, -0.25) is 14.4 Å². The zero-order chi connectivity index (χ0) is 27.1. The molecule has 0 aliphatic heterocycles. The van der Waals surface area contributed by atoms with E-state index in [0.717, 1.165) is 0 Å². The maximum atomic E-state index is 14.0. The van der Waals surface area contributed by atoms with Crippen molar-refractivity contribution in [1.29, 1.82) is 0 Å². The van der Waals surface area contributed by atoms with Gasteiger partial charge >= 0.3 is 12.1 Å². The summed E-state index contributed by atoms with van der Waals surface area (Å²) < 4.78 is 9.93. The number of aromatic hydroxyl groups is 1. The minimum atomic E-state index is -1.22. The van der Waals surface area contributed by atoms with E-state index in [1.54, 1.807) is 67.5 Å². The fourth-order valence-corrected chi connectivity index (χ4v) is 3.38. The van der Waals surface area contributed by atoms with Crippen molar-refractivity contribution in [2.24, 2.45) is 5.92 Å². The summed E-state index contributed by atoms with van der Waals surface area (Å²) in [6.45, 7) is 13.5. The summed E-state index contributed by atoms with van der Waals surface area (Å²) >= 11 is 0. The average Bonchev–Trinajstić information content (AvgIpc) is 2.70. The molecule has 0 fully saturated rings. The number of ether oxygens (including phenoxy) is 2. The van der Waals surface area contributed by atoms with E-state index in [4.69, 9.17) is 4.74 Å². The molecule has 3 amide bonds. The van der Waals surface area contributed by atoms with Crippen LogP contribution in [0.4, 0.5) is 4.79 Å². The van der Waals surface area contributed by atoms with Gasteiger partial charge in [0.25, 0.3) is 0 Å². The first-order valence-electron chi connectivity index (χ1n) is 11.4. The van der Waals surface area contributed by atoms with Crippen molar-refractivity contribution in [3.63, 3.8) is 0 Å². The molecule has 10 nitrogen and oxygen atoms in total. The molecule has 10 heteroatoms. The van der Waals surface area contributed by atoms with Crippen LogP contribution < -0.4 is 10.6 Å². The van der Waals surface area contributed by atoms with Crippen LogP contribution in [0.2, 0.25) is 0 Å². The molecule has 2 atom stereocenters. The summed E-state index contributed by atoms with van der Waals surface area (Å²) in [6.07, 6.45) is -0.762. The second-order valence-electron chi connectivity index (χ2n) is 10.5. The van der Waals surface area contributed by atoms with Crippen molar-refractivity contribution in [3.8, 4) is 5.75 Å². The van der Waals surface area contributed by atoms with Crippen molar-refractivity contribution >= 4 is 23.9 Å². The number of hydrogen-bond donors (Lipinski definition) is 3. The molecule has 0 bridgehead atoms. The number of carbonyl (C=O) groups is 4. The molecule has 0 aromatic heterocycles. The molecule has 1 aromatic carbocycles. The van der Waals surface area contributed by atoms with E-state index in [1.165, 1.54) is 24.1 Å². The van der Waals surface area contributed by atoms with Gasteiger partial charge in [-0.2, -0.15) is 0 Å². The van der Waals surface area contributed by atoms with Crippen LogP contribution >= 0.6 is 0 Å². The van der Waals surface area contributed by atoms with E-state index in [0.29, 0.717) is 5.56 Å². The lowest BCUT2D eigenvalue weighted by Crippen LogP contribution is -2.60. The van der Waals surface area contributed by atoms with Gasteiger partial charge in [0, 0.05) is 5.54 Å². The molecule has 0 aliphatic rings. The lowest BCUT2D eigenvalue weighted by atomic mass is 9.93. The molecule has 0 heterocycles. The summed E-state index contributed by atoms with van der Waals surface area (Å²) in [5.41, 5.74) is -1.34. The van der Waals surface area contributed by atoms with E-state index in [9.17, 15) is 24.3 Å². The highest BCUT2D eigenvalue weighted by atomic mass is 16.6. The SMILES string of the molecule is COC(=O)CNC(=O)C(c1cccc(O)c1)N(C(=O)C(NC(=O)OC(C)(C)C)C(C)C)C(C)(C)C. The zero-order valence-corrected chi connectivity index (χ0v) is 22.1. The summed E-state index contributed by atoms with van der Waals surface area (Å²) in [7, 11) is 1.20. The number of amides is 3. The number of benzene rings is 1. The van der Waals surface area contributed by atoms with Gasteiger partial charge in [-0.25, -0.2) is 4.79 Å². The molecular weight excluding hydrogens is 454 g/mol. The Morgan fingerprint density at radius 3 is 2.11 bits per heavy atom. The van der Waals surface area contributed by atoms with Gasteiger partial charge in [-0.05, 0) is 65.2 Å². The lowest BCUT2D eigenvalue weighted by molar-refractivity contribution is -0.150. The van der Waals surface area contributed by atoms with Crippen LogP contribution in [0.25, 0.3) is 0 Å². The number of hydrogen-bond acceptors (Lipinski definition) is 7. The van der Waals surface area contributed by atoms with Crippen molar-refractivity contribution in [3.05, 3.63) is 29.8 Å². The standard InChI is InChI=1S/C25H39N3O7/c1-15(2)19(27-23(33)35-25(6,7)8)22(32)28(24(3,4)5)20(16-11-10-12-17(29)13-16)21(31)26-14-18(30)34-9/h10-13,15,19-20,29H,14H2,1-9H3,(H,26,31)(H,27,33). The van der Waals surface area contributed by atoms with Crippen LogP contribution in [-0.2, 0) is 23.9 Å². The molecule has 0 saturated carbocycles. The van der Waals surface area contributed by atoms with E-state index in [1.807, 2.05) is 0 Å². The lowest BCUT2D eigenvalue weighted by Gasteiger charge is -2.43. The molecule has 0 saturated heterocycles. The topological polar surface area (TPSA) is 134 Å². The molecular formula is C25H39N3O7. The molecule has 1 aromatic rings. The fraction of sp³-hybridized carbons (Fsp3) is 0.600. The molecule has 196 valence electrons. The molecule has 0 aliphatic carbocycles. The minimum absolute atomic E-state index is 0.0955. The smallest absolute Gasteiger partial charge is 0.408 e. The van der Waals surface area contributed by atoms with Crippen molar-refractivity contribution < 1.29 is 33.8 Å². The third-order valence-electron chi connectivity index (χ3n) is 4.89. The molecule has 0 spiro atoms. The van der Waals surface area contributed by atoms with Crippen molar-refractivity contribution in [1.82, 2.24) is 15.5 Å². The second kappa shape index (κ2) is 11.9. The Morgan fingerprint density at radius 1 is 1.06 bits per heavy atom. The summed E-state index contributed by atoms with van der Waals surface area (Å²) in [5.74, 6) is -2.28. The van der Waals surface area contributed by atoms with Gasteiger partial charge in [0.15, 0.2) is 0 Å². The average molecular weight is 494 g/mol. The number of nitrogens with zero attached hydrogens (tertiary/aromatic N) is 1. The first-order valence-corrected chi connectivity index (χ1v) is 11.4. The number of phenolic OH excluding ortho intramolecular Hbond substituents is 1. The second-order valence-corrected chi connectivity index (χ2v) is 10.5. The number of carbonyl (C=O) groups excluding carboxylic acids is 4. The van der Waals surface area contributed by atoms with Gasteiger partial charge in [0.1, 0.15) is 30.0 Å². The quantitative estimate of drug-likeness (QED) is 0.474. The Labute approximate surface area is 207 Å². The van der Waals surface area contributed by atoms with Crippen LogP contribution in [0.15, 0.2) is 24.3 Å². The third kappa shape index (κ3) is 9.11. The van der Waals surface area contributed by atoms with Crippen LogP contribution in [0.1, 0.15) is 67.0 Å². The van der Waals surface area contributed by atoms with Gasteiger partial charge in [0.05, 0.1) is 7.11 Å². The summed E-state index contributed by atoms with van der Waals surface area (Å²) in [4.78, 5) is 52.8. The van der Waals surface area contributed by atoms with E-state index < -0.39 is 53.6 Å². The maximum Gasteiger partial charge on any atom is 0.408 e. The van der Waals surface area contributed by atoms with Gasteiger partial charge in [0.2, 0.25) is 11.8 Å². The molecule has 2 unspecified atom stereocenters. The van der Waals surface area contributed by atoms with Crippen molar-refractivity contribution in [2.45, 2.75) is 78.6 Å². The summed E-state index contributed by atoms with van der Waals surface area (Å²) in [5, 5.41) is 15.2. The zero-order valence-electron chi connectivity index (χ0n) is 22.1. The monoisotopic (exact) mass is 493 g/mol. The predicted octanol–water partition coefficient (Wildman–Crippen LogP) is 2.90. The highest BCUT2D eigenvalue weighted by Gasteiger charge is 2.42. The number of alkyl carbamates (subject to hydrolysis) is 1. The van der Waals surface area contributed by atoms with E-state index >= 15 is 0 Å². The molecule has 0 radical (unpaired) electrons. The van der Waals surface area contributed by atoms with Crippen LogP contribution in [-0.4, -0.2) is 64.7 Å². The number of rotatable bonds is 8. The van der Waals surface area contributed by atoms with E-state index in [2.05, 4.69) is 15.4 Å². The fourth-order valence-electron chi connectivity index (χ4n) is 3.38. The van der Waals surface area contributed by atoms with Crippen LogP contribution in [0.5, 0.6) is 5.75 Å². The Balaban J connectivity index is 3.52. The largest absolute Gasteiger partial charge is 0.508 e. The molecule has 1 rings (SSSR count). The number of phenols is 1. The number of esters is 1. The maximum absolute atomic E-state index is 14.0. The van der Waals surface area contributed by atoms with Crippen LogP contribution in [0, 0.1) is 5.92 Å². The highest BCUT2D eigenvalue weighted by Crippen LogP contribution is 2.32. The number of methoxy groups -OCH3 is 1. The third-order valence-corrected chi connectivity index (χ3v) is 4.89. The molecule has 35 heavy (non-hydrogen) atoms. The first-order chi connectivity index (χ1) is 16.0. The summed E-state index contributed by atoms with van der Waals surface area (Å²) in [6, 6.07) is 3.73.